The number of aliphatic hydroxyl groups excluding tert-OH is 6. The number of aliphatic hydroxyl groups is 6. The highest BCUT2D eigenvalue weighted by molar-refractivity contribution is 5.94. The minimum Gasteiger partial charge on any atom is -0.508 e. The van der Waals surface area contributed by atoms with E-state index in [2.05, 4.69) is 31.9 Å². The zero-order valence-corrected chi connectivity index (χ0v) is 35.9. The van der Waals surface area contributed by atoms with Crippen LogP contribution in [0.4, 0.5) is 4.79 Å². The first-order valence-corrected chi connectivity index (χ1v) is 20.7. The lowest BCUT2D eigenvalue weighted by atomic mass is 9.96. The average Bonchev–Trinajstić information content (AvgIpc) is 3.27. The first-order valence-electron chi connectivity index (χ1n) is 20.7. The Morgan fingerprint density at radius 2 is 1.10 bits per heavy atom. The summed E-state index contributed by atoms with van der Waals surface area (Å²) in [5.41, 5.74) is 1.07. The van der Waals surface area contributed by atoms with Gasteiger partial charge in [0.2, 0.25) is 23.6 Å². The van der Waals surface area contributed by atoms with Gasteiger partial charge in [-0.1, -0.05) is 56.3 Å². The van der Waals surface area contributed by atoms with Gasteiger partial charge in [0.15, 0.2) is 24.7 Å². The molecule has 368 valence electrons. The van der Waals surface area contributed by atoms with E-state index in [1.54, 1.807) is 44.2 Å². The third kappa shape index (κ3) is 15.3. The predicted octanol–water partition coefficient (Wildman–Crippen LogP) is -6.01. The molecule has 4 rings (SSSR count). The number of aliphatic carboxylic acids is 2. The summed E-state index contributed by atoms with van der Waals surface area (Å²) in [5, 5.41) is 106. The van der Waals surface area contributed by atoms with E-state index < -0.39 is 140 Å². The van der Waals surface area contributed by atoms with Crippen molar-refractivity contribution in [1.29, 1.82) is 0 Å². The maximum atomic E-state index is 13.8. The summed E-state index contributed by atoms with van der Waals surface area (Å²) in [7, 11) is 0. The Kier molecular flexibility index (Phi) is 19.3. The number of rotatable bonds is 20. The van der Waals surface area contributed by atoms with Gasteiger partial charge in [0.05, 0.1) is 13.1 Å². The first-order chi connectivity index (χ1) is 31.6. The number of carboxylic acids is 2. The summed E-state index contributed by atoms with van der Waals surface area (Å²) < 4.78 is 10.4. The number of phenols is 1. The highest BCUT2D eigenvalue weighted by atomic mass is 16.6. The van der Waals surface area contributed by atoms with E-state index in [-0.39, 0.29) is 30.9 Å². The second-order valence-corrected chi connectivity index (χ2v) is 16.1. The van der Waals surface area contributed by atoms with Gasteiger partial charge in [-0.3, -0.25) is 24.0 Å². The van der Waals surface area contributed by atoms with Crippen LogP contribution in [0.15, 0.2) is 54.6 Å². The van der Waals surface area contributed by atoms with Crippen LogP contribution in [0.1, 0.15) is 31.4 Å². The predicted molar refractivity (Wildman–Crippen MR) is 224 cm³/mol. The SMILES string of the molecule is CC(C)C[C@H](NC(=O)N[C@@H]1O[C@H](C(=O)N[C@@H]2O[C@H](C(=O)O)[C@@H](O)[C@H](O)[C@H]2O)[C@@H](O)[C@H](O)[C@H]1O)C(=O)N[C@@H](Cc1ccccc1)C(=O)NCC(=O)NCC(=O)N[C@@H](Cc1ccc(O)cc1)C(=O)O. The lowest BCUT2D eigenvalue weighted by Crippen LogP contribution is -2.69. The number of nitrogens with one attached hydrogen (secondary N) is 7. The number of carbonyl (C=O) groups excluding carboxylic acids is 6. The van der Waals surface area contributed by atoms with Crippen LogP contribution in [0.25, 0.3) is 0 Å². The van der Waals surface area contributed by atoms with Gasteiger partial charge in [0.1, 0.15) is 60.5 Å². The van der Waals surface area contributed by atoms with E-state index in [0.29, 0.717) is 11.1 Å². The van der Waals surface area contributed by atoms with Crippen molar-refractivity contribution in [2.45, 2.75) is 113 Å². The average molecular weight is 950 g/mol. The third-order valence-electron chi connectivity index (χ3n) is 10.4. The summed E-state index contributed by atoms with van der Waals surface area (Å²) in [6.07, 6.45) is -21.3. The van der Waals surface area contributed by atoms with Gasteiger partial charge in [0.25, 0.3) is 5.91 Å². The summed E-state index contributed by atoms with van der Waals surface area (Å²) in [6.45, 7) is 2.05. The van der Waals surface area contributed by atoms with Crippen LogP contribution in [0.3, 0.4) is 0 Å². The van der Waals surface area contributed by atoms with Crippen molar-refractivity contribution in [3.8, 4) is 5.75 Å². The standard InChI is InChI=1S/C41H55N7O19/c1-17(2)12-21(46-41(65)48-38-31(57)26(52)28(54)32(66-38)36(60)47-37-30(56)27(53)29(55)33(67-37)40(63)64)35(59)45-22(13-18-6-4-3-5-7-18)34(58)43-15-24(50)42-16-25(51)44-23(39(61)62)14-19-8-10-20(49)11-9-19/h3-11,17,21-23,26-33,37-38,49,52-57H,12-16H2,1-2H3,(H,42,50)(H,43,58)(H,44,51)(H,45,59)(H,47,60)(H,61,62)(H,63,64)(H2,46,48,65)/t21-,22-,23-,26-,27-,28-,29-,30+,31+,32-,33-,37+,38+/m0/s1. The summed E-state index contributed by atoms with van der Waals surface area (Å²) >= 11 is 0. The quantitative estimate of drug-likeness (QED) is 0.0587. The lowest BCUT2D eigenvalue weighted by Gasteiger charge is -2.42. The van der Waals surface area contributed by atoms with Crippen molar-refractivity contribution in [2.75, 3.05) is 13.1 Å². The molecule has 0 unspecified atom stereocenters. The largest absolute Gasteiger partial charge is 0.508 e. The molecule has 2 aliphatic heterocycles. The van der Waals surface area contributed by atoms with Crippen molar-refractivity contribution >= 4 is 47.5 Å². The van der Waals surface area contributed by atoms with Gasteiger partial charge in [-0.25, -0.2) is 14.4 Å². The summed E-state index contributed by atoms with van der Waals surface area (Å²) in [5.74, 6) is -8.32. The lowest BCUT2D eigenvalue weighted by molar-refractivity contribution is -0.241. The number of hydrogen-bond acceptors (Lipinski definition) is 17. The number of benzene rings is 2. The van der Waals surface area contributed by atoms with E-state index in [1.165, 1.54) is 24.3 Å². The number of amides is 7. The van der Waals surface area contributed by atoms with Crippen molar-refractivity contribution in [1.82, 2.24) is 37.2 Å². The van der Waals surface area contributed by atoms with Gasteiger partial charge in [-0.15, -0.1) is 0 Å². The first kappa shape index (κ1) is 53.1. The molecule has 0 aliphatic carbocycles. The fourth-order valence-corrected chi connectivity index (χ4v) is 6.85. The fourth-order valence-electron chi connectivity index (χ4n) is 6.85. The number of carbonyl (C=O) groups is 8. The van der Waals surface area contributed by atoms with Gasteiger partial charge >= 0.3 is 18.0 Å². The highest BCUT2D eigenvalue weighted by Gasteiger charge is 2.51. The molecule has 0 aromatic heterocycles. The minimum atomic E-state index is -2.19. The second kappa shape index (κ2) is 24.3. The molecular formula is C41H55N7O19. The topological polar surface area (TPSA) is 421 Å². The molecule has 0 spiro atoms. The second-order valence-electron chi connectivity index (χ2n) is 16.1. The highest BCUT2D eigenvalue weighted by Crippen LogP contribution is 2.24. The molecule has 2 saturated heterocycles. The number of hydrogen-bond donors (Lipinski definition) is 16. The Hall–Kier alpha value is -6.52. The summed E-state index contributed by atoms with van der Waals surface area (Å²) in [6, 6.07) is 8.61. The Bertz CT molecular complexity index is 2060. The van der Waals surface area contributed by atoms with Crippen molar-refractivity contribution in [3.05, 3.63) is 65.7 Å². The van der Waals surface area contributed by atoms with Crippen LogP contribution in [0, 0.1) is 5.92 Å². The number of ether oxygens (including phenoxy) is 2. The molecule has 2 aromatic carbocycles. The van der Waals surface area contributed by atoms with E-state index in [4.69, 9.17) is 9.47 Å². The number of carboxylic acid groups (broad SMARTS) is 2. The van der Waals surface area contributed by atoms with Gasteiger partial charge in [-0.05, 0) is 35.6 Å². The number of urea groups is 1. The van der Waals surface area contributed by atoms with Crippen LogP contribution in [-0.2, 0) is 55.9 Å². The Morgan fingerprint density at radius 3 is 1.69 bits per heavy atom. The molecule has 2 heterocycles. The molecule has 16 N–H and O–H groups in total. The molecule has 2 aromatic rings. The number of aromatic hydroxyl groups is 1. The Labute approximate surface area is 381 Å². The Morgan fingerprint density at radius 1 is 0.567 bits per heavy atom. The smallest absolute Gasteiger partial charge is 0.335 e. The van der Waals surface area contributed by atoms with Crippen molar-refractivity contribution < 1.29 is 93.8 Å². The molecule has 2 fully saturated rings. The number of phenolic OH excluding ortho intramolecular Hbond substituents is 1. The Balaban J connectivity index is 1.37. The van der Waals surface area contributed by atoms with Crippen LogP contribution in [0.2, 0.25) is 0 Å². The molecule has 0 saturated carbocycles. The normalized spacial score (nSPS) is 26.1. The fraction of sp³-hybridized carbons (Fsp3) is 0.512. The van der Waals surface area contributed by atoms with Gasteiger partial charge in [0, 0.05) is 12.8 Å². The van der Waals surface area contributed by atoms with E-state index in [0.717, 1.165) is 0 Å². The molecule has 7 amide bonds. The molecule has 67 heavy (non-hydrogen) atoms. The maximum absolute atomic E-state index is 13.8. The molecule has 26 nitrogen and oxygen atoms in total. The maximum Gasteiger partial charge on any atom is 0.335 e. The van der Waals surface area contributed by atoms with E-state index in [1.807, 2.05) is 5.32 Å². The van der Waals surface area contributed by atoms with Gasteiger partial charge < -0.3 is 92.6 Å². The van der Waals surface area contributed by atoms with E-state index in [9.17, 15) is 84.3 Å². The van der Waals surface area contributed by atoms with E-state index >= 15 is 0 Å². The summed E-state index contributed by atoms with van der Waals surface area (Å²) in [4.78, 5) is 102. The van der Waals surface area contributed by atoms with Crippen molar-refractivity contribution in [3.63, 3.8) is 0 Å². The van der Waals surface area contributed by atoms with Gasteiger partial charge in [-0.2, -0.15) is 0 Å². The molecule has 0 radical (unpaired) electrons. The molecular weight excluding hydrogens is 894 g/mol. The monoisotopic (exact) mass is 949 g/mol. The van der Waals surface area contributed by atoms with Crippen LogP contribution >= 0.6 is 0 Å². The molecule has 26 heteroatoms. The third-order valence-corrected chi connectivity index (χ3v) is 10.4. The van der Waals surface area contributed by atoms with Crippen LogP contribution in [0.5, 0.6) is 5.75 Å². The van der Waals surface area contributed by atoms with Crippen molar-refractivity contribution in [2.24, 2.45) is 5.92 Å². The molecule has 0 bridgehead atoms. The van der Waals surface area contributed by atoms with Crippen LogP contribution in [-0.4, -0.2) is 186 Å². The molecule has 13 atom stereocenters. The molecule has 2 aliphatic rings. The zero-order chi connectivity index (χ0) is 49.7. The zero-order valence-electron chi connectivity index (χ0n) is 35.9. The van der Waals surface area contributed by atoms with Crippen LogP contribution < -0.4 is 37.2 Å². The minimum absolute atomic E-state index is 0.0392.